The fourth-order valence-corrected chi connectivity index (χ4v) is 1.59. The van der Waals surface area contributed by atoms with E-state index in [9.17, 15) is 9.59 Å². The molecule has 1 aromatic heterocycles. The van der Waals surface area contributed by atoms with E-state index in [1.165, 1.54) is 6.92 Å². The first-order valence-corrected chi connectivity index (χ1v) is 4.77. The number of ketones is 1. The molecule has 0 bridgehead atoms. The van der Waals surface area contributed by atoms with Crippen molar-refractivity contribution < 1.29 is 4.79 Å². The topological polar surface area (TPSA) is 49.9 Å². The van der Waals surface area contributed by atoms with Crippen LogP contribution >= 0.6 is 0 Å². The van der Waals surface area contributed by atoms with Gasteiger partial charge in [0.2, 0.25) is 0 Å². The SMILES string of the molecule is CC(=O)Cc1cc2ccccc2[nH]c1=O. The maximum atomic E-state index is 11.6. The highest BCUT2D eigenvalue weighted by molar-refractivity contribution is 5.82. The van der Waals surface area contributed by atoms with Crippen molar-refractivity contribution in [3.63, 3.8) is 0 Å². The Morgan fingerprint density at radius 3 is 2.80 bits per heavy atom. The molecule has 1 aromatic carbocycles. The van der Waals surface area contributed by atoms with Crippen LogP contribution in [0.5, 0.6) is 0 Å². The number of rotatable bonds is 2. The van der Waals surface area contributed by atoms with Gasteiger partial charge in [0, 0.05) is 17.5 Å². The maximum Gasteiger partial charge on any atom is 0.252 e. The van der Waals surface area contributed by atoms with Crippen molar-refractivity contribution in [1.82, 2.24) is 4.98 Å². The molecule has 3 heteroatoms. The van der Waals surface area contributed by atoms with Crippen LogP contribution in [0.25, 0.3) is 10.9 Å². The molecule has 0 fully saturated rings. The Morgan fingerprint density at radius 1 is 1.33 bits per heavy atom. The van der Waals surface area contributed by atoms with Crippen LogP contribution < -0.4 is 5.56 Å². The third-order valence-corrected chi connectivity index (χ3v) is 2.27. The van der Waals surface area contributed by atoms with Crippen molar-refractivity contribution in [3.05, 3.63) is 46.2 Å². The van der Waals surface area contributed by atoms with Crippen LogP contribution in [0.4, 0.5) is 0 Å². The highest BCUT2D eigenvalue weighted by atomic mass is 16.1. The van der Waals surface area contributed by atoms with E-state index >= 15 is 0 Å². The highest BCUT2D eigenvalue weighted by Gasteiger charge is 2.04. The number of benzene rings is 1. The second-order valence-electron chi connectivity index (χ2n) is 3.59. The van der Waals surface area contributed by atoms with Gasteiger partial charge >= 0.3 is 0 Å². The van der Waals surface area contributed by atoms with Crippen LogP contribution in [0.2, 0.25) is 0 Å². The summed E-state index contributed by atoms with van der Waals surface area (Å²) in [5.74, 6) is -0.00391. The summed E-state index contributed by atoms with van der Waals surface area (Å²) in [6, 6.07) is 9.29. The number of pyridine rings is 1. The molecule has 0 unspecified atom stereocenters. The third-order valence-electron chi connectivity index (χ3n) is 2.27. The molecule has 0 saturated heterocycles. The molecular formula is C12H11NO2. The van der Waals surface area contributed by atoms with Crippen molar-refractivity contribution in [2.24, 2.45) is 0 Å². The van der Waals surface area contributed by atoms with E-state index in [0.717, 1.165) is 10.9 Å². The lowest BCUT2D eigenvalue weighted by Gasteiger charge is -2.00. The number of aromatic amines is 1. The average molecular weight is 201 g/mol. The van der Waals surface area contributed by atoms with Crippen LogP contribution in [0.3, 0.4) is 0 Å². The number of hydrogen-bond acceptors (Lipinski definition) is 2. The van der Waals surface area contributed by atoms with Crippen LogP contribution in [0.1, 0.15) is 12.5 Å². The normalized spacial score (nSPS) is 10.5. The Kier molecular flexibility index (Phi) is 2.37. The van der Waals surface area contributed by atoms with Crippen molar-refractivity contribution >= 4 is 16.7 Å². The lowest BCUT2D eigenvalue weighted by molar-refractivity contribution is -0.116. The fraction of sp³-hybridized carbons (Fsp3) is 0.167. The predicted octanol–water partition coefficient (Wildman–Crippen LogP) is 1.66. The minimum absolute atomic E-state index is 0.00391. The van der Waals surface area contributed by atoms with Gasteiger partial charge in [0.25, 0.3) is 5.56 Å². The highest BCUT2D eigenvalue weighted by Crippen LogP contribution is 2.10. The van der Waals surface area contributed by atoms with Gasteiger partial charge in [-0.2, -0.15) is 0 Å². The minimum Gasteiger partial charge on any atom is -0.322 e. The van der Waals surface area contributed by atoms with Gasteiger partial charge in [-0.15, -0.1) is 0 Å². The van der Waals surface area contributed by atoms with Crippen LogP contribution in [0.15, 0.2) is 35.1 Å². The molecule has 15 heavy (non-hydrogen) atoms. The Bertz CT molecular complexity index is 569. The molecule has 2 rings (SSSR count). The number of carbonyl (C=O) groups excluding carboxylic acids is 1. The number of hydrogen-bond donors (Lipinski definition) is 1. The standard InChI is InChI=1S/C12H11NO2/c1-8(14)6-10-7-9-4-2-3-5-11(9)13-12(10)15/h2-5,7H,6H2,1H3,(H,13,15). The number of aromatic nitrogens is 1. The van der Waals surface area contributed by atoms with Crippen molar-refractivity contribution in [1.29, 1.82) is 0 Å². The molecule has 0 aliphatic carbocycles. The summed E-state index contributed by atoms with van der Waals surface area (Å²) in [4.78, 5) is 25.3. The number of fused-ring (bicyclic) bond motifs is 1. The number of nitrogens with one attached hydrogen (secondary N) is 1. The van der Waals surface area contributed by atoms with Gasteiger partial charge in [-0.3, -0.25) is 9.59 Å². The van der Waals surface area contributed by atoms with Crippen LogP contribution in [0, 0.1) is 0 Å². The monoisotopic (exact) mass is 201 g/mol. The summed E-state index contributed by atoms with van der Waals surface area (Å²) in [5.41, 5.74) is 1.15. The van der Waals surface area contributed by atoms with Crippen molar-refractivity contribution in [3.8, 4) is 0 Å². The van der Waals surface area contributed by atoms with Crippen molar-refractivity contribution in [2.45, 2.75) is 13.3 Å². The molecule has 2 aromatic rings. The molecule has 0 saturated carbocycles. The summed E-state index contributed by atoms with van der Waals surface area (Å²) >= 11 is 0. The molecule has 0 radical (unpaired) electrons. The molecule has 76 valence electrons. The second-order valence-corrected chi connectivity index (χ2v) is 3.59. The zero-order valence-electron chi connectivity index (χ0n) is 8.41. The van der Waals surface area contributed by atoms with E-state index in [1.807, 2.05) is 24.3 Å². The maximum absolute atomic E-state index is 11.6. The fourth-order valence-electron chi connectivity index (χ4n) is 1.59. The molecular weight excluding hydrogens is 190 g/mol. The molecule has 0 aliphatic rings. The van der Waals surface area contributed by atoms with E-state index in [4.69, 9.17) is 0 Å². The first-order chi connectivity index (χ1) is 7.16. The number of Topliss-reactive ketones (excluding diaryl/α,β-unsaturated/α-hetero) is 1. The number of carbonyl (C=O) groups is 1. The first-order valence-electron chi connectivity index (χ1n) is 4.77. The largest absolute Gasteiger partial charge is 0.322 e. The van der Waals surface area contributed by atoms with Gasteiger partial charge in [-0.1, -0.05) is 18.2 Å². The Hall–Kier alpha value is -1.90. The molecule has 0 spiro atoms. The van der Waals surface area contributed by atoms with Gasteiger partial charge in [0.15, 0.2) is 0 Å². The zero-order chi connectivity index (χ0) is 10.8. The number of H-pyrrole nitrogens is 1. The smallest absolute Gasteiger partial charge is 0.252 e. The summed E-state index contributed by atoms with van der Waals surface area (Å²) < 4.78 is 0. The lowest BCUT2D eigenvalue weighted by Crippen LogP contribution is -2.14. The van der Waals surface area contributed by atoms with Crippen molar-refractivity contribution in [2.75, 3.05) is 0 Å². The Balaban J connectivity index is 2.62. The molecule has 1 N–H and O–H groups in total. The van der Waals surface area contributed by atoms with Gasteiger partial charge in [-0.05, 0) is 24.4 Å². The quantitative estimate of drug-likeness (QED) is 0.803. The predicted molar refractivity (Wildman–Crippen MR) is 59.0 cm³/mol. The summed E-state index contributed by atoms with van der Waals surface area (Å²) in [6.45, 7) is 1.48. The summed E-state index contributed by atoms with van der Waals surface area (Å²) in [5, 5.41) is 0.952. The Labute approximate surface area is 86.8 Å². The molecule has 0 atom stereocenters. The van der Waals surface area contributed by atoms with Gasteiger partial charge in [0.05, 0.1) is 0 Å². The van der Waals surface area contributed by atoms with E-state index in [2.05, 4.69) is 4.98 Å². The first kappa shape index (κ1) is 9.65. The van der Waals surface area contributed by atoms with Gasteiger partial charge in [-0.25, -0.2) is 0 Å². The minimum atomic E-state index is -0.177. The molecule has 1 heterocycles. The van der Waals surface area contributed by atoms with E-state index in [1.54, 1.807) is 6.07 Å². The van der Waals surface area contributed by atoms with Crippen LogP contribution in [-0.2, 0) is 11.2 Å². The van der Waals surface area contributed by atoms with E-state index in [-0.39, 0.29) is 17.8 Å². The molecule has 0 aliphatic heterocycles. The Morgan fingerprint density at radius 2 is 2.07 bits per heavy atom. The lowest BCUT2D eigenvalue weighted by atomic mass is 10.1. The zero-order valence-corrected chi connectivity index (χ0v) is 8.41. The summed E-state index contributed by atoms with van der Waals surface area (Å²) in [6.07, 6.45) is 0.195. The number of para-hydroxylation sites is 1. The van der Waals surface area contributed by atoms with Gasteiger partial charge in [0.1, 0.15) is 5.78 Å². The molecule has 3 nitrogen and oxygen atoms in total. The van der Waals surface area contributed by atoms with Gasteiger partial charge < -0.3 is 4.98 Å². The molecule has 0 amide bonds. The second kappa shape index (κ2) is 3.69. The van der Waals surface area contributed by atoms with E-state index < -0.39 is 0 Å². The summed E-state index contributed by atoms with van der Waals surface area (Å²) in [7, 11) is 0. The van der Waals surface area contributed by atoms with Crippen LogP contribution in [-0.4, -0.2) is 10.8 Å². The third kappa shape index (κ3) is 1.96. The average Bonchev–Trinajstić information content (AvgIpc) is 2.18. The van der Waals surface area contributed by atoms with E-state index in [0.29, 0.717) is 5.56 Å².